The van der Waals surface area contributed by atoms with E-state index < -0.39 is 52.4 Å². The van der Waals surface area contributed by atoms with Crippen molar-refractivity contribution in [1.82, 2.24) is 4.57 Å². The quantitative estimate of drug-likeness (QED) is 0.459. The van der Waals surface area contributed by atoms with E-state index in [-0.39, 0.29) is 17.3 Å². The van der Waals surface area contributed by atoms with Crippen molar-refractivity contribution in [3.8, 4) is 17.3 Å². The van der Waals surface area contributed by atoms with Gasteiger partial charge in [-0.3, -0.25) is 4.79 Å². The molecule has 0 fully saturated rings. The van der Waals surface area contributed by atoms with Gasteiger partial charge in [0.2, 0.25) is 0 Å². The highest BCUT2D eigenvalue weighted by Crippen LogP contribution is 2.33. The Bertz CT molecular complexity index is 1180. The minimum atomic E-state index is -4.99. The number of pyridine rings is 1. The van der Waals surface area contributed by atoms with Crippen molar-refractivity contribution in [1.29, 1.82) is 5.26 Å². The van der Waals surface area contributed by atoms with E-state index in [9.17, 15) is 31.1 Å². The van der Waals surface area contributed by atoms with E-state index >= 15 is 0 Å². The molecular weight excluding hydrogens is 398 g/mol. The number of aromatic nitrogens is 1. The fourth-order valence-electron chi connectivity index (χ4n) is 2.84. The SMILES string of the molecule is N#Cc1c(C(F)(F)F)cc(-c2ccccc2)n(Cc2cc(F)c(F)cc2F)c1=O. The first-order valence-electron chi connectivity index (χ1n) is 8.07. The van der Waals surface area contributed by atoms with Crippen LogP contribution in [0.15, 0.2) is 53.3 Å². The zero-order chi connectivity index (χ0) is 21.3. The summed E-state index contributed by atoms with van der Waals surface area (Å²) in [5.41, 5.74) is -4.49. The number of benzene rings is 2. The van der Waals surface area contributed by atoms with Crippen LogP contribution in [0.3, 0.4) is 0 Å². The van der Waals surface area contributed by atoms with Gasteiger partial charge in [0.25, 0.3) is 5.56 Å². The molecule has 0 aliphatic heterocycles. The molecule has 1 heterocycles. The number of alkyl halides is 3. The van der Waals surface area contributed by atoms with Gasteiger partial charge in [-0.1, -0.05) is 30.3 Å². The van der Waals surface area contributed by atoms with Crippen LogP contribution < -0.4 is 5.56 Å². The van der Waals surface area contributed by atoms with Gasteiger partial charge in [0, 0.05) is 11.6 Å². The molecule has 9 heteroatoms. The van der Waals surface area contributed by atoms with E-state index in [1.54, 1.807) is 6.07 Å². The standard InChI is InChI=1S/C20H10F6N2O/c21-15-8-17(23)16(22)6-12(15)10-28-18(11-4-2-1-3-5-11)7-14(20(24,25)26)13(9-27)19(28)29/h1-8H,10H2. The monoisotopic (exact) mass is 408 g/mol. The number of nitriles is 1. The highest BCUT2D eigenvalue weighted by atomic mass is 19.4. The zero-order valence-corrected chi connectivity index (χ0v) is 14.4. The maximum atomic E-state index is 14.1. The molecular formula is C20H10F6N2O. The third-order valence-electron chi connectivity index (χ3n) is 4.20. The van der Waals surface area contributed by atoms with Gasteiger partial charge in [-0.2, -0.15) is 18.4 Å². The van der Waals surface area contributed by atoms with Crippen molar-refractivity contribution >= 4 is 0 Å². The van der Waals surface area contributed by atoms with Crippen LogP contribution in [-0.2, 0) is 12.7 Å². The van der Waals surface area contributed by atoms with Gasteiger partial charge in [-0.05, 0) is 17.7 Å². The first-order valence-corrected chi connectivity index (χ1v) is 8.07. The van der Waals surface area contributed by atoms with Gasteiger partial charge in [0.15, 0.2) is 11.6 Å². The van der Waals surface area contributed by atoms with Crippen molar-refractivity contribution in [2.45, 2.75) is 12.7 Å². The van der Waals surface area contributed by atoms with E-state index in [4.69, 9.17) is 5.26 Å². The Balaban J connectivity index is 2.32. The molecule has 3 nitrogen and oxygen atoms in total. The molecule has 0 unspecified atom stereocenters. The molecule has 0 radical (unpaired) electrons. The number of nitrogens with zero attached hydrogens (tertiary/aromatic N) is 2. The van der Waals surface area contributed by atoms with Gasteiger partial charge in [-0.25, -0.2) is 13.2 Å². The summed E-state index contributed by atoms with van der Waals surface area (Å²) in [7, 11) is 0. The summed E-state index contributed by atoms with van der Waals surface area (Å²) in [5, 5.41) is 9.10. The van der Waals surface area contributed by atoms with E-state index in [0.29, 0.717) is 12.1 Å². The summed E-state index contributed by atoms with van der Waals surface area (Å²) in [4.78, 5) is 12.7. The van der Waals surface area contributed by atoms with Crippen LogP contribution in [0.1, 0.15) is 16.7 Å². The summed E-state index contributed by atoms with van der Waals surface area (Å²) in [6, 6.07) is 10.1. The van der Waals surface area contributed by atoms with Crippen LogP contribution in [-0.4, -0.2) is 4.57 Å². The molecule has 0 aliphatic rings. The fourth-order valence-corrected chi connectivity index (χ4v) is 2.84. The maximum absolute atomic E-state index is 14.1. The fraction of sp³-hybridized carbons (Fsp3) is 0.100. The highest BCUT2D eigenvalue weighted by Gasteiger charge is 2.36. The van der Waals surface area contributed by atoms with Crippen LogP contribution in [0, 0.1) is 28.8 Å². The Morgan fingerprint density at radius 1 is 0.931 bits per heavy atom. The number of halogens is 6. The van der Waals surface area contributed by atoms with Gasteiger partial charge in [0.1, 0.15) is 17.4 Å². The molecule has 0 amide bonds. The van der Waals surface area contributed by atoms with E-state index in [1.165, 1.54) is 30.3 Å². The lowest BCUT2D eigenvalue weighted by molar-refractivity contribution is -0.137. The third kappa shape index (κ3) is 3.87. The van der Waals surface area contributed by atoms with Crippen LogP contribution >= 0.6 is 0 Å². The second kappa shape index (κ2) is 7.47. The van der Waals surface area contributed by atoms with Gasteiger partial charge < -0.3 is 4.57 Å². The molecule has 3 rings (SSSR count). The molecule has 3 aromatic rings. The lowest BCUT2D eigenvalue weighted by Crippen LogP contribution is -2.29. The van der Waals surface area contributed by atoms with Crippen molar-refractivity contribution in [3.63, 3.8) is 0 Å². The minimum absolute atomic E-state index is 0.183. The number of hydrogen-bond donors (Lipinski definition) is 0. The highest BCUT2D eigenvalue weighted by molar-refractivity contribution is 5.62. The lowest BCUT2D eigenvalue weighted by Gasteiger charge is -2.18. The van der Waals surface area contributed by atoms with E-state index in [0.717, 1.165) is 4.57 Å². The normalized spacial score (nSPS) is 11.3. The summed E-state index contributed by atoms with van der Waals surface area (Å²) < 4.78 is 81.6. The molecule has 0 bridgehead atoms. The summed E-state index contributed by atoms with van der Waals surface area (Å²) in [5.74, 6) is -4.02. The molecule has 0 atom stereocenters. The molecule has 0 aliphatic carbocycles. The lowest BCUT2D eigenvalue weighted by atomic mass is 10.0. The van der Waals surface area contributed by atoms with E-state index in [2.05, 4.69) is 0 Å². The molecule has 1 aromatic heterocycles. The Labute approximate surface area is 160 Å². The molecule has 29 heavy (non-hydrogen) atoms. The van der Waals surface area contributed by atoms with Gasteiger partial charge >= 0.3 is 6.18 Å². The topological polar surface area (TPSA) is 45.8 Å². The minimum Gasteiger partial charge on any atom is -0.303 e. The first-order chi connectivity index (χ1) is 13.6. The summed E-state index contributed by atoms with van der Waals surface area (Å²) in [6.07, 6.45) is -4.99. The number of hydrogen-bond acceptors (Lipinski definition) is 2. The average molecular weight is 408 g/mol. The second-order valence-corrected chi connectivity index (χ2v) is 6.04. The Morgan fingerprint density at radius 3 is 2.14 bits per heavy atom. The van der Waals surface area contributed by atoms with Crippen molar-refractivity contribution < 1.29 is 26.3 Å². The van der Waals surface area contributed by atoms with Gasteiger partial charge in [0.05, 0.1) is 17.8 Å². The van der Waals surface area contributed by atoms with Crippen molar-refractivity contribution in [2.75, 3.05) is 0 Å². The summed E-state index contributed by atoms with van der Waals surface area (Å²) >= 11 is 0. The van der Waals surface area contributed by atoms with Crippen molar-refractivity contribution in [3.05, 3.63) is 93.0 Å². The molecule has 0 saturated carbocycles. The smallest absolute Gasteiger partial charge is 0.303 e. The van der Waals surface area contributed by atoms with Crippen LogP contribution in [0.2, 0.25) is 0 Å². The van der Waals surface area contributed by atoms with Crippen LogP contribution in [0.25, 0.3) is 11.3 Å². The largest absolute Gasteiger partial charge is 0.417 e. The second-order valence-electron chi connectivity index (χ2n) is 6.04. The number of rotatable bonds is 3. The first kappa shape index (κ1) is 20.2. The Morgan fingerprint density at radius 2 is 1.55 bits per heavy atom. The predicted molar refractivity (Wildman–Crippen MR) is 91.3 cm³/mol. The zero-order valence-electron chi connectivity index (χ0n) is 14.4. The molecule has 0 saturated heterocycles. The third-order valence-corrected chi connectivity index (χ3v) is 4.20. The molecule has 148 valence electrons. The predicted octanol–water partition coefficient (Wildman–Crippen LogP) is 4.87. The Hall–Kier alpha value is -3.54. The van der Waals surface area contributed by atoms with Crippen LogP contribution in [0.5, 0.6) is 0 Å². The average Bonchev–Trinajstić information content (AvgIpc) is 2.67. The summed E-state index contributed by atoms with van der Waals surface area (Å²) in [6.45, 7) is -0.709. The van der Waals surface area contributed by atoms with E-state index in [1.807, 2.05) is 0 Å². The molecule has 0 N–H and O–H groups in total. The van der Waals surface area contributed by atoms with Crippen LogP contribution in [0.4, 0.5) is 26.3 Å². The van der Waals surface area contributed by atoms with Crippen molar-refractivity contribution in [2.24, 2.45) is 0 Å². The van der Waals surface area contributed by atoms with Gasteiger partial charge in [-0.15, -0.1) is 0 Å². The Kier molecular flexibility index (Phi) is 5.20. The molecule has 2 aromatic carbocycles. The molecule has 0 spiro atoms. The maximum Gasteiger partial charge on any atom is 0.417 e.